The van der Waals surface area contributed by atoms with Gasteiger partial charge in [-0.05, 0) is 31.8 Å². The summed E-state index contributed by atoms with van der Waals surface area (Å²) >= 11 is 0. The van der Waals surface area contributed by atoms with Crippen molar-refractivity contribution in [3.05, 3.63) is 0 Å². The third kappa shape index (κ3) is 4.07. The molecule has 1 heterocycles. The fourth-order valence-corrected chi connectivity index (χ4v) is 1.71. The Hall–Kier alpha value is -0.610. The van der Waals surface area contributed by atoms with Gasteiger partial charge in [0.1, 0.15) is 0 Å². The fourth-order valence-electron chi connectivity index (χ4n) is 1.71. The standard InChI is InChI=1S/C10H21N3O/c1-9-2-5-13(6-3-9)7-4-12-10(14)8-11/h9H,2-8,11H2,1H3,(H,12,14). The first-order valence-corrected chi connectivity index (χ1v) is 5.41. The molecule has 0 radical (unpaired) electrons. The molecule has 1 fully saturated rings. The average molecular weight is 199 g/mol. The van der Waals surface area contributed by atoms with Gasteiger partial charge in [0, 0.05) is 13.1 Å². The zero-order chi connectivity index (χ0) is 10.4. The van der Waals surface area contributed by atoms with Crippen molar-refractivity contribution in [3.8, 4) is 0 Å². The van der Waals surface area contributed by atoms with Crippen LogP contribution in [0.4, 0.5) is 0 Å². The van der Waals surface area contributed by atoms with Gasteiger partial charge in [0.15, 0.2) is 0 Å². The molecule has 1 rings (SSSR count). The highest BCUT2D eigenvalue weighted by atomic mass is 16.1. The molecule has 4 heteroatoms. The zero-order valence-corrected chi connectivity index (χ0v) is 8.96. The molecule has 0 saturated carbocycles. The van der Waals surface area contributed by atoms with E-state index in [0.29, 0.717) is 0 Å². The van der Waals surface area contributed by atoms with E-state index in [2.05, 4.69) is 17.1 Å². The third-order valence-corrected chi connectivity index (χ3v) is 2.81. The molecule has 0 atom stereocenters. The molecule has 0 aromatic rings. The second-order valence-electron chi connectivity index (χ2n) is 4.08. The van der Waals surface area contributed by atoms with Crippen molar-refractivity contribution >= 4 is 5.91 Å². The average Bonchev–Trinajstić information content (AvgIpc) is 2.21. The van der Waals surface area contributed by atoms with Gasteiger partial charge in [-0.2, -0.15) is 0 Å². The van der Waals surface area contributed by atoms with E-state index in [1.165, 1.54) is 25.9 Å². The molecule has 0 unspecified atom stereocenters. The minimum Gasteiger partial charge on any atom is -0.354 e. The largest absolute Gasteiger partial charge is 0.354 e. The number of piperidine rings is 1. The molecular weight excluding hydrogens is 178 g/mol. The SMILES string of the molecule is CC1CCN(CCNC(=O)CN)CC1. The van der Waals surface area contributed by atoms with Crippen molar-refractivity contribution in [2.45, 2.75) is 19.8 Å². The van der Waals surface area contributed by atoms with Gasteiger partial charge in [0.05, 0.1) is 6.54 Å². The Labute approximate surface area is 85.8 Å². The van der Waals surface area contributed by atoms with Gasteiger partial charge in [-0.25, -0.2) is 0 Å². The molecule has 3 N–H and O–H groups in total. The number of nitrogens with two attached hydrogens (primary N) is 1. The van der Waals surface area contributed by atoms with Gasteiger partial charge in [-0.3, -0.25) is 4.79 Å². The van der Waals surface area contributed by atoms with E-state index in [0.717, 1.165) is 19.0 Å². The number of nitrogens with zero attached hydrogens (tertiary/aromatic N) is 1. The minimum absolute atomic E-state index is 0.0598. The lowest BCUT2D eigenvalue weighted by molar-refractivity contribution is -0.119. The summed E-state index contributed by atoms with van der Waals surface area (Å²) in [4.78, 5) is 13.3. The predicted molar refractivity (Wildman–Crippen MR) is 56.9 cm³/mol. The van der Waals surface area contributed by atoms with Crippen molar-refractivity contribution in [1.82, 2.24) is 10.2 Å². The molecule has 1 amide bonds. The van der Waals surface area contributed by atoms with Crippen molar-refractivity contribution in [2.24, 2.45) is 11.7 Å². The van der Waals surface area contributed by atoms with Crippen LogP contribution in [0.1, 0.15) is 19.8 Å². The van der Waals surface area contributed by atoms with Crippen molar-refractivity contribution in [1.29, 1.82) is 0 Å². The normalized spacial score (nSPS) is 19.6. The van der Waals surface area contributed by atoms with Crippen LogP contribution in [-0.2, 0) is 4.79 Å². The number of carbonyl (C=O) groups excluding carboxylic acids is 1. The molecular formula is C10H21N3O. The van der Waals surface area contributed by atoms with Crippen LogP contribution in [0.3, 0.4) is 0 Å². The number of hydrogen-bond acceptors (Lipinski definition) is 3. The van der Waals surface area contributed by atoms with E-state index in [1.54, 1.807) is 0 Å². The van der Waals surface area contributed by atoms with Gasteiger partial charge >= 0.3 is 0 Å². The predicted octanol–water partition coefficient (Wildman–Crippen LogP) is -0.207. The molecule has 0 aromatic carbocycles. The monoisotopic (exact) mass is 199 g/mol. The maximum Gasteiger partial charge on any atom is 0.233 e. The number of rotatable bonds is 4. The molecule has 1 aliphatic rings. The maximum absolute atomic E-state index is 10.9. The van der Waals surface area contributed by atoms with E-state index in [1.807, 2.05) is 0 Å². The quantitative estimate of drug-likeness (QED) is 0.659. The number of amides is 1. The molecule has 82 valence electrons. The van der Waals surface area contributed by atoms with E-state index < -0.39 is 0 Å². The summed E-state index contributed by atoms with van der Waals surface area (Å²) in [6.07, 6.45) is 2.57. The Morgan fingerprint density at radius 3 is 2.71 bits per heavy atom. The second-order valence-corrected chi connectivity index (χ2v) is 4.08. The molecule has 1 saturated heterocycles. The molecule has 1 aliphatic heterocycles. The highest BCUT2D eigenvalue weighted by Crippen LogP contribution is 2.14. The summed E-state index contributed by atoms with van der Waals surface area (Å²) in [6, 6.07) is 0. The molecule has 0 aliphatic carbocycles. The van der Waals surface area contributed by atoms with Crippen LogP contribution in [0.5, 0.6) is 0 Å². The van der Waals surface area contributed by atoms with Gasteiger partial charge in [0.25, 0.3) is 0 Å². The Bertz CT molecular complexity index is 176. The van der Waals surface area contributed by atoms with Crippen LogP contribution in [-0.4, -0.2) is 43.5 Å². The Morgan fingerprint density at radius 2 is 2.14 bits per heavy atom. The van der Waals surface area contributed by atoms with Gasteiger partial charge in [0.2, 0.25) is 5.91 Å². The van der Waals surface area contributed by atoms with Crippen LogP contribution in [0.25, 0.3) is 0 Å². The first kappa shape index (κ1) is 11.5. The van der Waals surface area contributed by atoms with E-state index in [-0.39, 0.29) is 12.5 Å². The zero-order valence-electron chi connectivity index (χ0n) is 8.96. The van der Waals surface area contributed by atoms with Gasteiger partial charge in [-0.1, -0.05) is 6.92 Å². The highest BCUT2D eigenvalue weighted by molar-refractivity contribution is 5.77. The summed E-state index contributed by atoms with van der Waals surface area (Å²) in [5.41, 5.74) is 5.18. The first-order valence-electron chi connectivity index (χ1n) is 5.41. The molecule has 14 heavy (non-hydrogen) atoms. The Kier molecular flexibility index (Phi) is 4.90. The maximum atomic E-state index is 10.9. The lowest BCUT2D eigenvalue weighted by Gasteiger charge is -2.30. The van der Waals surface area contributed by atoms with Crippen LogP contribution < -0.4 is 11.1 Å². The molecule has 0 aromatic heterocycles. The molecule has 4 nitrogen and oxygen atoms in total. The first-order chi connectivity index (χ1) is 6.72. The summed E-state index contributed by atoms with van der Waals surface area (Å²) in [5.74, 6) is 0.806. The van der Waals surface area contributed by atoms with Gasteiger partial charge in [-0.15, -0.1) is 0 Å². The van der Waals surface area contributed by atoms with Gasteiger partial charge < -0.3 is 16.0 Å². The summed E-state index contributed by atoms with van der Waals surface area (Å²) < 4.78 is 0. The Balaban J connectivity index is 2.04. The lowest BCUT2D eigenvalue weighted by Crippen LogP contribution is -2.40. The smallest absolute Gasteiger partial charge is 0.233 e. The lowest BCUT2D eigenvalue weighted by atomic mass is 9.99. The topological polar surface area (TPSA) is 58.4 Å². The number of nitrogens with one attached hydrogen (secondary N) is 1. The van der Waals surface area contributed by atoms with Crippen LogP contribution in [0, 0.1) is 5.92 Å². The van der Waals surface area contributed by atoms with Crippen LogP contribution in [0.2, 0.25) is 0 Å². The van der Waals surface area contributed by atoms with E-state index in [4.69, 9.17) is 5.73 Å². The molecule has 0 bridgehead atoms. The summed E-state index contributed by atoms with van der Waals surface area (Å²) in [6.45, 7) is 6.41. The Morgan fingerprint density at radius 1 is 1.50 bits per heavy atom. The number of likely N-dealkylation sites (tertiary alicyclic amines) is 1. The highest BCUT2D eigenvalue weighted by Gasteiger charge is 2.14. The number of carbonyl (C=O) groups is 1. The fraction of sp³-hybridized carbons (Fsp3) is 0.900. The van der Waals surface area contributed by atoms with Crippen molar-refractivity contribution in [2.75, 3.05) is 32.7 Å². The summed E-state index contributed by atoms with van der Waals surface area (Å²) in [7, 11) is 0. The van der Waals surface area contributed by atoms with E-state index >= 15 is 0 Å². The molecule has 0 spiro atoms. The number of hydrogen-bond donors (Lipinski definition) is 2. The van der Waals surface area contributed by atoms with Crippen molar-refractivity contribution in [3.63, 3.8) is 0 Å². The van der Waals surface area contributed by atoms with Crippen LogP contribution in [0.15, 0.2) is 0 Å². The third-order valence-electron chi connectivity index (χ3n) is 2.81. The second kappa shape index (κ2) is 5.98. The summed E-state index contributed by atoms with van der Waals surface area (Å²) in [5, 5.41) is 2.79. The van der Waals surface area contributed by atoms with Crippen molar-refractivity contribution < 1.29 is 4.79 Å². The van der Waals surface area contributed by atoms with E-state index in [9.17, 15) is 4.79 Å². The van der Waals surface area contributed by atoms with Crippen LogP contribution >= 0.6 is 0 Å². The minimum atomic E-state index is -0.0598.